The molecule has 3 rings (SSSR count). The van der Waals surface area contributed by atoms with Gasteiger partial charge in [-0.2, -0.15) is 0 Å². The Morgan fingerprint density at radius 1 is 1.40 bits per heavy atom. The molecule has 2 aromatic rings. The summed E-state index contributed by atoms with van der Waals surface area (Å²) in [5.41, 5.74) is 1.74. The van der Waals surface area contributed by atoms with Crippen molar-refractivity contribution in [2.75, 3.05) is 13.7 Å². The molecule has 5 nitrogen and oxygen atoms in total. The lowest BCUT2D eigenvalue weighted by Gasteiger charge is -2.20. The number of benzene rings is 1. The van der Waals surface area contributed by atoms with Crippen LogP contribution in [0.1, 0.15) is 31.0 Å². The van der Waals surface area contributed by atoms with E-state index in [4.69, 9.17) is 16.3 Å². The first kappa shape index (κ1) is 13.4. The Morgan fingerprint density at radius 2 is 2.30 bits per heavy atom. The molecule has 0 saturated carbocycles. The van der Waals surface area contributed by atoms with Crippen molar-refractivity contribution in [2.24, 2.45) is 0 Å². The van der Waals surface area contributed by atoms with Crippen molar-refractivity contribution in [1.82, 2.24) is 20.3 Å². The Balaban J connectivity index is 1.89. The molecule has 1 atom stereocenters. The lowest BCUT2D eigenvalue weighted by atomic mass is 10.0. The van der Waals surface area contributed by atoms with E-state index in [-0.39, 0.29) is 0 Å². The quantitative estimate of drug-likeness (QED) is 0.945. The molecular formula is C14H17ClN4O. The van der Waals surface area contributed by atoms with E-state index in [1.165, 1.54) is 12.8 Å². The number of nitrogens with zero attached hydrogens (tertiary/aromatic N) is 3. The number of ether oxygens (including phenoxy) is 1. The van der Waals surface area contributed by atoms with E-state index in [1.54, 1.807) is 17.9 Å². The smallest absolute Gasteiger partial charge is 0.121 e. The Kier molecular flexibility index (Phi) is 3.89. The van der Waals surface area contributed by atoms with Gasteiger partial charge in [-0.05, 0) is 31.5 Å². The second-order valence-corrected chi connectivity index (χ2v) is 5.32. The summed E-state index contributed by atoms with van der Waals surface area (Å²) in [4.78, 5) is 0. The maximum atomic E-state index is 6.22. The normalized spacial score (nSPS) is 19.0. The van der Waals surface area contributed by atoms with Gasteiger partial charge in [0.2, 0.25) is 0 Å². The Hall–Kier alpha value is -1.59. The molecule has 0 aliphatic carbocycles. The van der Waals surface area contributed by atoms with E-state index in [0.717, 1.165) is 30.1 Å². The molecule has 1 aromatic heterocycles. The molecular weight excluding hydrogens is 276 g/mol. The van der Waals surface area contributed by atoms with Crippen LogP contribution in [-0.2, 0) is 0 Å². The van der Waals surface area contributed by atoms with Crippen molar-refractivity contribution in [3.05, 3.63) is 35.1 Å². The lowest BCUT2D eigenvalue weighted by molar-refractivity contribution is 0.405. The molecule has 20 heavy (non-hydrogen) atoms. The van der Waals surface area contributed by atoms with Crippen LogP contribution in [0, 0.1) is 0 Å². The van der Waals surface area contributed by atoms with Crippen LogP contribution in [0.2, 0.25) is 5.02 Å². The molecule has 6 heteroatoms. The fraction of sp³-hybridized carbons (Fsp3) is 0.429. The summed E-state index contributed by atoms with van der Waals surface area (Å²) in [5, 5.41) is 12.5. The van der Waals surface area contributed by atoms with Gasteiger partial charge in [-0.3, -0.25) is 0 Å². The highest BCUT2D eigenvalue weighted by Gasteiger charge is 2.18. The van der Waals surface area contributed by atoms with E-state index in [2.05, 4.69) is 15.6 Å². The molecule has 1 saturated heterocycles. The average Bonchev–Trinajstić information content (AvgIpc) is 2.98. The Labute approximate surface area is 122 Å². The summed E-state index contributed by atoms with van der Waals surface area (Å²) in [6, 6.07) is 5.78. The van der Waals surface area contributed by atoms with E-state index in [1.807, 2.05) is 18.3 Å². The van der Waals surface area contributed by atoms with Crippen molar-refractivity contribution < 1.29 is 4.74 Å². The second kappa shape index (κ2) is 5.81. The fourth-order valence-electron chi connectivity index (χ4n) is 2.45. The Bertz CT molecular complexity index is 593. The zero-order valence-corrected chi connectivity index (χ0v) is 12.1. The van der Waals surface area contributed by atoms with Crippen LogP contribution in [0.15, 0.2) is 24.4 Å². The summed E-state index contributed by atoms with van der Waals surface area (Å²) in [6.45, 7) is 1.04. The van der Waals surface area contributed by atoms with E-state index in [9.17, 15) is 0 Å². The third kappa shape index (κ3) is 2.64. The van der Waals surface area contributed by atoms with Gasteiger partial charge in [-0.15, -0.1) is 5.10 Å². The van der Waals surface area contributed by atoms with Crippen LogP contribution >= 0.6 is 11.6 Å². The largest absolute Gasteiger partial charge is 0.497 e. The highest BCUT2D eigenvalue weighted by Crippen LogP contribution is 2.26. The molecule has 1 fully saturated rings. The van der Waals surface area contributed by atoms with Crippen molar-refractivity contribution >= 4 is 11.6 Å². The standard InChI is InChI=1S/C14H17ClN4O/c1-20-10-5-6-11(15)14(8-10)19-9-13(17-18-19)12-4-2-3-7-16-12/h5-6,8-9,12,16H,2-4,7H2,1H3. The minimum atomic E-state index is 0.293. The molecule has 1 aliphatic heterocycles. The lowest BCUT2D eigenvalue weighted by Crippen LogP contribution is -2.27. The highest BCUT2D eigenvalue weighted by molar-refractivity contribution is 6.32. The number of hydrogen-bond donors (Lipinski definition) is 1. The van der Waals surface area contributed by atoms with Crippen LogP contribution in [0.25, 0.3) is 5.69 Å². The molecule has 2 heterocycles. The number of nitrogens with one attached hydrogen (secondary N) is 1. The third-order valence-electron chi connectivity index (χ3n) is 3.58. The summed E-state index contributed by atoms with van der Waals surface area (Å²) in [7, 11) is 1.63. The van der Waals surface area contributed by atoms with Crippen molar-refractivity contribution in [1.29, 1.82) is 0 Å². The maximum absolute atomic E-state index is 6.22. The summed E-state index contributed by atoms with van der Waals surface area (Å²) in [6.07, 6.45) is 5.49. The zero-order chi connectivity index (χ0) is 13.9. The van der Waals surface area contributed by atoms with Crippen LogP contribution in [-0.4, -0.2) is 28.6 Å². The van der Waals surface area contributed by atoms with E-state index >= 15 is 0 Å². The fourth-order valence-corrected chi connectivity index (χ4v) is 2.66. The molecule has 0 bridgehead atoms. The first-order chi connectivity index (χ1) is 9.78. The molecule has 106 valence electrons. The molecule has 1 unspecified atom stereocenters. The van der Waals surface area contributed by atoms with Crippen molar-refractivity contribution in [2.45, 2.75) is 25.3 Å². The van der Waals surface area contributed by atoms with Crippen molar-refractivity contribution in [3.8, 4) is 11.4 Å². The van der Waals surface area contributed by atoms with Gasteiger partial charge in [0.25, 0.3) is 0 Å². The topological polar surface area (TPSA) is 52.0 Å². The van der Waals surface area contributed by atoms with Gasteiger partial charge in [-0.25, -0.2) is 4.68 Å². The van der Waals surface area contributed by atoms with Gasteiger partial charge < -0.3 is 10.1 Å². The summed E-state index contributed by atoms with van der Waals surface area (Å²) >= 11 is 6.22. The number of hydrogen-bond acceptors (Lipinski definition) is 4. The van der Waals surface area contributed by atoms with Gasteiger partial charge >= 0.3 is 0 Å². The predicted octanol–water partition coefficient (Wildman–Crippen LogP) is 2.74. The monoisotopic (exact) mass is 292 g/mol. The van der Waals surface area contributed by atoms with Gasteiger partial charge in [0.05, 0.1) is 30.1 Å². The van der Waals surface area contributed by atoms with E-state index in [0.29, 0.717) is 11.1 Å². The van der Waals surface area contributed by atoms with Crippen LogP contribution in [0.4, 0.5) is 0 Å². The molecule has 1 aromatic carbocycles. The van der Waals surface area contributed by atoms with Crippen LogP contribution in [0.5, 0.6) is 5.75 Å². The van der Waals surface area contributed by atoms with Gasteiger partial charge in [0.15, 0.2) is 0 Å². The van der Waals surface area contributed by atoms with E-state index < -0.39 is 0 Å². The number of halogens is 1. The predicted molar refractivity (Wildman–Crippen MR) is 77.5 cm³/mol. The molecule has 0 amide bonds. The molecule has 0 radical (unpaired) electrons. The minimum Gasteiger partial charge on any atom is -0.497 e. The molecule has 0 spiro atoms. The number of piperidine rings is 1. The number of aromatic nitrogens is 3. The number of methoxy groups -OCH3 is 1. The summed E-state index contributed by atoms with van der Waals surface area (Å²) < 4.78 is 6.93. The molecule has 1 N–H and O–H groups in total. The van der Waals surface area contributed by atoms with Crippen LogP contribution < -0.4 is 10.1 Å². The van der Waals surface area contributed by atoms with Gasteiger partial charge in [-0.1, -0.05) is 23.2 Å². The number of rotatable bonds is 3. The van der Waals surface area contributed by atoms with Gasteiger partial charge in [0.1, 0.15) is 11.4 Å². The molecule has 1 aliphatic rings. The maximum Gasteiger partial charge on any atom is 0.121 e. The zero-order valence-electron chi connectivity index (χ0n) is 11.3. The second-order valence-electron chi connectivity index (χ2n) is 4.91. The summed E-state index contributed by atoms with van der Waals surface area (Å²) in [5.74, 6) is 0.747. The third-order valence-corrected chi connectivity index (χ3v) is 3.90. The minimum absolute atomic E-state index is 0.293. The van der Waals surface area contributed by atoms with Crippen LogP contribution in [0.3, 0.4) is 0 Å². The highest BCUT2D eigenvalue weighted by atomic mass is 35.5. The Morgan fingerprint density at radius 3 is 3.05 bits per heavy atom. The average molecular weight is 293 g/mol. The van der Waals surface area contributed by atoms with Crippen molar-refractivity contribution in [3.63, 3.8) is 0 Å². The SMILES string of the molecule is COc1ccc(Cl)c(-n2cc(C3CCCCN3)nn2)c1. The first-order valence-corrected chi connectivity index (χ1v) is 7.15. The van der Waals surface area contributed by atoms with Gasteiger partial charge in [0, 0.05) is 6.07 Å². The first-order valence-electron chi connectivity index (χ1n) is 6.77.